The average Bonchev–Trinajstić information content (AvgIpc) is 2.38. The summed E-state index contributed by atoms with van der Waals surface area (Å²) in [5.41, 5.74) is 7.62. The largest absolute Gasteiger partial charge is 0.271 e. The zero-order chi connectivity index (χ0) is 14.0. The van der Waals surface area contributed by atoms with Crippen LogP contribution in [0.2, 0.25) is 5.02 Å². The van der Waals surface area contributed by atoms with E-state index in [-0.39, 0.29) is 6.04 Å². The molecule has 2 aromatic rings. The molecule has 2 aromatic carbocycles. The second-order valence-electron chi connectivity index (χ2n) is 4.63. The Hall–Kier alpha value is -0.620. The second kappa shape index (κ2) is 6.22. The van der Waals surface area contributed by atoms with Crippen LogP contribution in [0.1, 0.15) is 28.3 Å². The molecular weight excluding hydrogens is 371 g/mol. The van der Waals surface area contributed by atoms with Crippen LogP contribution in [-0.4, -0.2) is 0 Å². The molecule has 0 aliphatic rings. The van der Waals surface area contributed by atoms with Crippen LogP contribution in [0.4, 0.5) is 0 Å². The third kappa shape index (κ3) is 3.28. The zero-order valence-corrected chi connectivity index (χ0v) is 13.8. The summed E-state index contributed by atoms with van der Waals surface area (Å²) in [6.07, 6.45) is 0. The topological polar surface area (TPSA) is 38.0 Å². The molecule has 19 heavy (non-hydrogen) atoms. The van der Waals surface area contributed by atoms with E-state index in [1.165, 1.54) is 16.7 Å². The Morgan fingerprint density at radius 3 is 2.53 bits per heavy atom. The van der Waals surface area contributed by atoms with E-state index in [2.05, 4.69) is 60.1 Å². The minimum absolute atomic E-state index is 0.0505. The highest BCUT2D eigenvalue weighted by molar-refractivity contribution is 14.1. The van der Waals surface area contributed by atoms with E-state index >= 15 is 0 Å². The molecule has 0 fully saturated rings. The highest BCUT2D eigenvalue weighted by atomic mass is 127. The monoisotopic (exact) mass is 386 g/mol. The smallest absolute Gasteiger partial charge is 0.0723 e. The number of hydrazine groups is 1. The number of nitrogens with two attached hydrogens (primary N) is 1. The van der Waals surface area contributed by atoms with Crippen molar-refractivity contribution in [1.82, 2.24) is 5.43 Å². The van der Waals surface area contributed by atoms with Gasteiger partial charge in [-0.2, -0.15) is 0 Å². The first kappa shape index (κ1) is 14.8. The van der Waals surface area contributed by atoms with E-state index in [9.17, 15) is 0 Å². The zero-order valence-electron chi connectivity index (χ0n) is 10.9. The molecular formula is C15H16ClIN2. The van der Waals surface area contributed by atoms with Crippen molar-refractivity contribution in [3.63, 3.8) is 0 Å². The molecule has 2 nitrogen and oxygen atoms in total. The quantitative estimate of drug-likeness (QED) is 0.473. The van der Waals surface area contributed by atoms with Crippen molar-refractivity contribution in [2.45, 2.75) is 19.9 Å². The van der Waals surface area contributed by atoms with Gasteiger partial charge in [-0.3, -0.25) is 5.84 Å². The van der Waals surface area contributed by atoms with Crippen LogP contribution in [0.5, 0.6) is 0 Å². The molecule has 1 unspecified atom stereocenters. The number of hydrogen-bond donors (Lipinski definition) is 2. The van der Waals surface area contributed by atoms with Crippen molar-refractivity contribution in [1.29, 1.82) is 0 Å². The molecule has 0 spiro atoms. The molecule has 4 heteroatoms. The van der Waals surface area contributed by atoms with E-state index < -0.39 is 0 Å². The van der Waals surface area contributed by atoms with Crippen LogP contribution in [0.3, 0.4) is 0 Å². The fraction of sp³-hybridized carbons (Fsp3) is 0.200. The second-order valence-corrected chi connectivity index (χ2v) is 6.22. The molecule has 0 amide bonds. The first-order valence-electron chi connectivity index (χ1n) is 6.01. The first-order valence-corrected chi connectivity index (χ1v) is 7.47. The highest BCUT2D eigenvalue weighted by Crippen LogP contribution is 2.30. The van der Waals surface area contributed by atoms with Crippen molar-refractivity contribution < 1.29 is 0 Å². The molecule has 0 aliphatic heterocycles. The van der Waals surface area contributed by atoms with Gasteiger partial charge in [0.15, 0.2) is 0 Å². The standard InChI is InChI=1S/C15H16ClIN2/c1-9-3-4-10(2)12(7-9)15(19-18)13-8-11(16)5-6-14(13)17/h3-8,15,19H,18H2,1-2H3. The molecule has 2 rings (SSSR count). The van der Waals surface area contributed by atoms with E-state index in [1.807, 2.05) is 18.2 Å². The molecule has 0 radical (unpaired) electrons. The fourth-order valence-corrected chi connectivity index (χ4v) is 2.98. The van der Waals surface area contributed by atoms with Gasteiger partial charge >= 0.3 is 0 Å². The van der Waals surface area contributed by atoms with Crippen LogP contribution >= 0.6 is 34.2 Å². The highest BCUT2D eigenvalue weighted by Gasteiger charge is 2.17. The average molecular weight is 387 g/mol. The summed E-state index contributed by atoms with van der Waals surface area (Å²) in [5.74, 6) is 5.78. The summed E-state index contributed by atoms with van der Waals surface area (Å²) < 4.78 is 1.14. The Morgan fingerprint density at radius 1 is 1.11 bits per heavy atom. The number of benzene rings is 2. The lowest BCUT2D eigenvalue weighted by molar-refractivity contribution is 0.631. The van der Waals surface area contributed by atoms with Crippen LogP contribution in [-0.2, 0) is 0 Å². The van der Waals surface area contributed by atoms with Crippen LogP contribution in [0.25, 0.3) is 0 Å². The number of halogens is 2. The van der Waals surface area contributed by atoms with Gasteiger partial charge in [-0.15, -0.1) is 0 Å². The Kier molecular flexibility index (Phi) is 4.84. The van der Waals surface area contributed by atoms with Crippen molar-refractivity contribution in [2.24, 2.45) is 5.84 Å². The van der Waals surface area contributed by atoms with Crippen LogP contribution < -0.4 is 11.3 Å². The maximum atomic E-state index is 6.10. The minimum Gasteiger partial charge on any atom is -0.271 e. The van der Waals surface area contributed by atoms with Crippen molar-refractivity contribution in [2.75, 3.05) is 0 Å². The van der Waals surface area contributed by atoms with E-state index in [1.54, 1.807) is 0 Å². The van der Waals surface area contributed by atoms with Crippen molar-refractivity contribution in [3.05, 3.63) is 67.2 Å². The summed E-state index contributed by atoms with van der Waals surface area (Å²) >= 11 is 8.41. The Balaban J connectivity index is 2.55. The summed E-state index contributed by atoms with van der Waals surface area (Å²) in [6.45, 7) is 4.18. The van der Waals surface area contributed by atoms with Gasteiger partial charge in [0.2, 0.25) is 0 Å². The van der Waals surface area contributed by atoms with Gasteiger partial charge in [0.05, 0.1) is 6.04 Å². The maximum absolute atomic E-state index is 6.10. The van der Waals surface area contributed by atoms with Crippen molar-refractivity contribution in [3.8, 4) is 0 Å². The maximum Gasteiger partial charge on any atom is 0.0723 e. The predicted octanol–water partition coefficient (Wildman–Crippen LogP) is 4.11. The van der Waals surface area contributed by atoms with Crippen molar-refractivity contribution >= 4 is 34.2 Å². The van der Waals surface area contributed by atoms with Gasteiger partial charge in [-0.1, -0.05) is 35.4 Å². The SMILES string of the molecule is Cc1ccc(C)c(C(NN)c2cc(Cl)ccc2I)c1. The molecule has 0 aromatic heterocycles. The lowest BCUT2D eigenvalue weighted by Gasteiger charge is -2.21. The first-order chi connectivity index (χ1) is 9.02. The molecule has 0 heterocycles. The summed E-state index contributed by atoms with van der Waals surface area (Å²) in [7, 11) is 0. The Morgan fingerprint density at radius 2 is 1.84 bits per heavy atom. The lowest BCUT2D eigenvalue weighted by Crippen LogP contribution is -2.30. The third-order valence-electron chi connectivity index (χ3n) is 3.18. The van der Waals surface area contributed by atoms with E-state index in [0.717, 1.165) is 14.2 Å². The lowest BCUT2D eigenvalue weighted by atomic mass is 9.94. The summed E-state index contributed by atoms with van der Waals surface area (Å²) in [5, 5.41) is 0.723. The minimum atomic E-state index is -0.0505. The number of hydrogen-bond acceptors (Lipinski definition) is 2. The molecule has 0 aliphatic carbocycles. The van der Waals surface area contributed by atoms with Gasteiger partial charge in [-0.25, -0.2) is 5.43 Å². The molecule has 3 N–H and O–H groups in total. The Bertz CT molecular complexity index is 547. The van der Waals surface area contributed by atoms with Gasteiger partial charge in [0.1, 0.15) is 0 Å². The van der Waals surface area contributed by atoms with Crippen LogP contribution in [0, 0.1) is 17.4 Å². The number of rotatable bonds is 3. The molecule has 0 bridgehead atoms. The number of nitrogens with one attached hydrogen (secondary N) is 1. The molecule has 1 atom stereocenters. The van der Waals surface area contributed by atoms with Gasteiger partial charge in [0.25, 0.3) is 0 Å². The fourth-order valence-electron chi connectivity index (χ4n) is 2.15. The summed E-state index contributed by atoms with van der Waals surface area (Å²) in [4.78, 5) is 0. The Labute approximate surface area is 132 Å². The third-order valence-corrected chi connectivity index (χ3v) is 4.40. The predicted molar refractivity (Wildman–Crippen MR) is 89.3 cm³/mol. The summed E-state index contributed by atoms with van der Waals surface area (Å²) in [6, 6.07) is 12.2. The number of aryl methyl sites for hydroxylation is 2. The molecule has 0 saturated carbocycles. The van der Waals surface area contributed by atoms with Gasteiger partial charge in [-0.05, 0) is 71.3 Å². The normalized spacial score (nSPS) is 12.5. The van der Waals surface area contributed by atoms with Crippen LogP contribution in [0.15, 0.2) is 36.4 Å². The van der Waals surface area contributed by atoms with Gasteiger partial charge < -0.3 is 0 Å². The van der Waals surface area contributed by atoms with Gasteiger partial charge in [0, 0.05) is 8.59 Å². The molecule has 0 saturated heterocycles. The van der Waals surface area contributed by atoms with E-state index in [4.69, 9.17) is 17.4 Å². The molecule has 100 valence electrons. The van der Waals surface area contributed by atoms with E-state index in [0.29, 0.717) is 0 Å².